The molecule has 0 N–H and O–H groups in total. The van der Waals surface area contributed by atoms with Gasteiger partial charge in [-0.2, -0.15) is 0 Å². The summed E-state index contributed by atoms with van der Waals surface area (Å²) in [5.74, 6) is 2.82. The molecule has 0 spiro atoms. The van der Waals surface area contributed by atoms with Crippen molar-refractivity contribution in [1.82, 2.24) is 15.1 Å². The average molecular weight is 349 g/mol. The van der Waals surface area contributed by atoms with Crippen LogP contribution in [-0.4, -0.2) is 15.1 Å². The van der Waals surface area contributed by atoms with Crippen molar-refractivity contribution in [3.8, 4) is 11.5 Å². The topological polar surface area (TPSA) is 68.4 Å². The second kappa shape index (κ2) is 7.41. The van der Waals surface area contributed by atoms with Gasteiger partial charge in [0, 0.05) is 5.56 Å². The van der Waals surface area contributed by atoms with Gasteiger partial charge < -0.3 is 13.3 Å². The molecule has 1 aromatic carbocycles. The highest BCUT2D eigenvalue weighted by molar-refractivity contribution is 5.53. The molecule has 6 nitrogen and oxygen atoms in total. The molecule has 132 valence electrons. The summed E-state index contributed by atoms with van der Waals surface area (Å²) in [5.41, 5.74) is 2.08. The third-order valence-electron chi connectivity index (χ3n) is 4.01. The number of hydrogen-bond donors (Lipinski definition) is 0. The Morgan fingerprint density at radius 3 is 2.19 bits per heavy atom. The van der Waals surface area contributed by atoms with E-state index in [1.165, 1.54) is 0 Å². The summed E-state index contributed by atoms with van der Waals surface area (Å²) in [6.45, 7) is 3.78. The Labute approximate surface area is 151 Å². The molecule has 4 rings (SSSR count). The van der Waals surface area contributed by atoms with Gasteiger partial charge in [-0.15, -0.1) is 10.2 Å². The van der Waals surface area contributed by atoms with Gasteiger partial charge in [0.05, 0.1) is 32.2 Å². The second-order valence-corrected chi connectivity index (χ2v) is 6.17. The standard InChI is InChI=1S/C20H19N3O3/c1-15-5-2-6-16(11-15)20-22-21-19(26-20)14-23(12-17-7-3-9-24-17)13-18-8-4-10-25-18/h2-11H,12-14H2,1H3. The molecule has 26 heavy (non-hydrogen) atoms. The summed E-state index contributed by atoms with van der Waals surface area (Å²) >= 11 is 0. The third kappa shape index (κ3) is 3.92. The summed E-state index contributed by atoms with van der Waals surface area (Å²) in [5, 5.41) is 8.39. The number of rotatable bonds is 7. The Morgan fingerprint density at radius 2 is 1.58 bits per heavy atom. The normalized spacial score (nSPS) is 11.3. The highest BCUT2D eigenvalue weighted by atomic mass is 16.4. The molecule has 4 aromatic rings. The molecule has 0 bridgehead atoms. The van der Waals surface area contributed by atoms with Crippen LogP contribution in [-0.2, 0) is 19.6 Å². The monoisotopic (exact) mass is 349 g/mol. The molecule has 0 fully saturated rings. The van der Waals surface area contributed by atoms with E-state index in [0.29, 0.717) is 31.4 Å². The first-order valence-electron chi connectivity index (χ1n) is 8.43. The predicted molar refractivity (Wildman–Crippen MR) is 94.8 cm³/mol. The molecule has 6 heteroatoms. The zero-order valence-electron chi connectivity index (χ0n) is 14.5. The molecule has 0 aliphatic rings. The molecule has 3 aromatic heterocycles. The van der Waals surface area contributed by atoms with E-state index in [-0.39, 0.29) is 0 Å². The quantitative estimate of drug-likeness (QED) is 0.491. The summed E-state index contributed by atoms with van der Waals surface area (Å²) in [7, 11) is 0. The fraction of sp³-hybridized carbons (Fsp3) is 0.200. The average Bonchev–Trinajstić information content (AvgIpc) is 3.37. The van der Waals surface area contributed by atoms with Crippen LogP contribution in [0.2, 0.25) is 0 Å². The highest BCUT2D eigenvalue weighted by Gasteiger charge is 2.16. The van der Waals surface area contributed by atoms with Crippen LogP contribution < -0.4 is 0 Å². The largest absolute Gasteiger partial charge is 0.468 e. The Hall–Kier alpha value is -3.12. The molecule has 0 radical (unpaired) electrons. The smallest absolute Gasteiger partial charge is 0.247 e. The summed E-state index contributed by atoms with van der Waals surface area (Å²) in [6, 6.07) is 15.7. The number of hydrogen-bond acceptors (Lipinski definition) is 6. The fourth-order valence-electron chi connectivity index (χ4n) is 2.82. The molecular weight excluding hydrogens is 330 g/mol. The first-order chi connectivity index (χ1) is 12.8. The first kappa shape index (κ1) is 16.4. The van der Waals surface area contributed by atoms with Crippen LogP contribution in [0, 0.1) is 6.92 Å². The van der Waals surface area contributed by atoms with Crippen LogP contribution in [0.15, 0.2) is 74.3 Å². The number of benzene rings is 1. The van der Waals surface area contributed by atoms with Gasteiger partial charge in [0.15, 0.2) is 0 Å². The van der Waals surface area contributed by atoms with Crippen LogP contribution in [0.5, 0.6) is 0 Å². The van der Waals surface area contributed by atoms with Crippen molar-refractivity contribution in [2.75, 3.05) is 0 Å². The van der Waals surface area contributed by atoms with E-state index < -0.39 is 0 Å². The molecular formula is C20H19N3O3. The van der Waals surface area contributed by atoms with Crippen LogP contribution >= 0.6 is 0 Å². The Balaban J connectivity index is 1.51. The SMILES string of the molecule is Cc1cccc(-c2nnc(CN(Cc3ccco3)Cc3ccco3)o2)c1. The first-order valence-corrected chi connectivity index (χ1v) is 8.43. The Morgan fingerprint density at radius 1 is 0.846 bits per heavy atom. The molecule has 0 aliphatic heterocycles. The molecule has 0 unspecified atom stereocenters. The van der Waals surface area contributed by atoms with E-state index in [0.717, 1.165) is 22.6 Å². The van der Waals surface area contributed by atoms with Crippen molar-refractivity contribution in [1.29, 1.82) is 0 Å². The second-order valence-electron chi connectivity index (χ2n) is 6.17. The van der Waals surface area contributed by atoms with E-state index in [1.807, 2.05) is 55.5 Å². The lowest BCUT2D eigenvalue weighted by Crippen LogP contribution is -2.22. The lowest BCUT2D eigenvalue weighted by molar-refractivity contribution is 0.191. The Bertz CT molecular complexity index is 906. The van der Waals surface area contributed by atoms with Gasteiger partial charge in [-0.25, -0.2) is 0 Å². The molecule has 3 heterocycles. The van der Waals surface area contributed by atoms with Crippen molar-refractivity contribution >= 4 is 0 Å². The van der Waals surface area contributed by atoms with Gasteiger partial charge >= 0.3 is 0 Å². The third-order valence-corrected chi connectivity index (χ3v) is 4.01. The van der Waals surface area contributed by atoms with E-state index in [9.17, 15) is 0 Å². The zero-order chi connectivity index (χ0) is 17.8. The van der Waals surface area contributed by atoms with Crippen molar-refractivity contribution < 1.29 is 13.3 Å². The van der Waals surface area contributed by atoms with Crippen molar-refractivity contribution in [2.45, 2.75) is 26.6 Å². The lowest BCUT2D eigenvalue weighted by Gasteiger charge is -2.17. The van der Waals surface area contributed by atoms with Crippen molar-refractivity contribution in [2.24, 2.45) is 0 Å². The Kier molecular flexibility index (Phi) is 4.66. The van der Waals surface area contributed by atoms with Gasteiger partial charge in [0.25, 0.3) is 0 Å². The van der Waals surface area contributed by atoms with Crippen LogP contribution in [0.3, 0.4) is 0 Å². The number of aryl methyl sites for hydroxylation is 1. The minimum Gasteiger partial charge on any atom is -0.468 e. The summed E-state index contributed by atoms with van der Waals surface area (Å²) in [6.07, 6.45) is 3.34. The van der Waals surface area contributed by atoms with Crippen LogP contribution in [0.1, 0.15) is 23.0 Å². The molecule has 0 saturated heterocycles. The number of nitrogens with zero attached hydrogens (tertiary/aromatic N) is 3. The number of aromatic nitrogens is 2. The summed E-state index contributed by atoms with van der Waals surface area (Å²) in [4.78, 5) is 2.13. The van der Waals surface area contributed by atoms with Crippen molar-refractivity contribution in [3.05, 3.63) is 84.0 Å². The highest BCUT2D eigenvalue weighted by Crippen LogP contribution is 2.20. The minimum atomic E-state index is 0.500. The zero-order valence-corrected chi connectivity index (χ0v) is 14.5. The van der Waals surface area contributed by atoms with Crippen LogP contribution in [0.4, 0.5) is 0 Å². The molecule has 0 atom stereocenters. The number of furan rings is 2. The molecule has 0 aliphatic carbocycles. The maximum Gasteiger partial charge on any atom is 0.247 e. The maximum absolute atomic E-state index is 5.87. The van der Waals surface area contributed by atoms with Gasteiger partial charge in [-0.1, -0.05) is 17.7 Å². The van der Waals surface area contributed by atoms with Crippen LogP contribution in [0.25, 0.3) is 11.5 Å². The minimum absolute atomic E-state index is 0.500. The summed E-state index contributed by atoms with van der Waals surface area (Å²) < 4.78 is 16.8. The maximum atomic E-state index is 5.87. The van der Waals surface area contributed by atoms with Crippen molar-refractivity contribution in [3.63, 3.8) is 0 Å². The fourth-order valence-corrected chi connectivity index (χ4v) is 2.82. The van der Waals surface area contributed by atoms with Gasteiger partial charge in [0.1, 0.15) is 11.5 Å². The van der Waals surface area contributed by atoms with Gasteiger partial charge in [-0.3, -0.25) is 4.90 Å². The molecule has 0 amide bonds. The van der Waals surface area contributed by atoms with E-state index in [4.69, 9.17) is 13.3 Å². The molecule has 0 saturated carbocycles. The lowest BCUT2D eigenvalue weighted by atomic mass is 10.1. The van der Waals surface area contributed by atoms with Gasteiger partial charge in [-0.05, 0) is 43.3 Å². The predicted octanol–water partition coefficient (Wildman–Crippen LogP) is 4.43. The van der Waals surface area contributed by atoms with Gasteiger partial charge in [0.2, 0.25) is 11.8 Å². The van der Waals surface area contributed by atoms with E-state index in [1.54, 1.807) is 12.5 Å². The van der Waals surface area contributed by atoms with E-state index in [2.05, 4.69) is 15.1 Å². The van der Waals surface area contributed by atoms with E-state index >= 15 is 0 Å².